The van der Waals surface area contributed by atoms with E-state index in [1.807, 2.05) is 30.1 Å². The first-order valence-electron chi connectivity index (χ1n) is 7.80. The molecule has 6 nitrogen and oxygen atoms in total. The molecule has 126 valence electrons. The van der Waals surface area contributed by atoms with Crippen molar-refractivity contribution in [2.75, 3.05) is 33.7 Å². The third kappa shape index (κ3) is 3.32. The van der Waals surface area contributed by atoms with Crippen molar-refractivity contribution in [3.63, 3.8) is 0 Å². The highest BCUT2D eigenvalue weighted by atomic mass is 32.1. The number of nitrogens with zero attached hydrogens (tertiary/aromatic N) is 3. The molecule has 24 heavy (non-hydrogen) atoms. The van der Waals surface area contributed by atoms with E-state index in [4.69, 9.17) is 0 Å². The second-order valence-electron chi connectivity index (χ2n) is 5.83. The van der Waals surface area contributed by atoms with Gasteiger partial charge in [0.2, 0.25) is 0 Å². The number of thiazole rings is 1. The fourth-order valence-corrected chi connectivity index (χ4v) is 3.46. The summed E-state index contributed by atoms with van der Waals surface area (Å²) in [6.07, 6.45) is 0. The van der Waals surface area contributed by atoms with E-state index in [1.54, 1.807) is 24.0 Å². The first kappa shape index (κ1) is 16.6. The second-order valence-corrected chi connectivity index (χ2v) is 6.54. The van der Waals surface area contributed by atoms with Crippen LogP contribution in [0.3, 0.4) is 0 Å². The Morgan fingerprint density at radius 3 is 2.88 bits per heavy atom. The summed E-state index contributed by atoms with van der Waals surface area (Å²) in [5, 5.41) is 4.42. The van der Waals surface area contributed by atoms with Gasteiger partial charge in [0.1, 0.15) is 5.69 Å². The molecule has 1 aromatic carbocycles. The minimum Gasteiger partial charge on any atom is -0.355 e. The average molecular weight is 344 g/mol. The lowest BCUT2D eigenvalue weighted by molar-refractivity contribution is 0.0541. The molecule has 0 saturated carbocycles. The van der Waals surface area contributed by atoms with E-state index in [-0.39, 0.29) is 17.9 Å². The highest BCUT2D eigenvalue weighted by Gasteiger charge is 2.29. The van der Waals surface area contributed by atoms with Crippen LogP contribution in [0.1, 0.15) is 32.5 Å². The number of likely N-dealkylation sites (N-methyl/N-ethyl adjacent to an activating group) is 1. The van der Waals surface area contributed by atoms with E-state index in [0.717, 1.165) is 12.1 Å². The maximum absolute atomic E-state index is 12.6. The Kier molecular flexibility index (Phi) is 4.92. The van der Waals surface area contributed by atoms with Crippen molar-refractivity contribution in [3.05, 3.63) is 52.0 Å². The number of amides is 2. The van der Waals surface area contributed by atoms with E-state index < -0.39 is 0 Å². The zero-order valence-corrected chi connectivity index (χ0v) is 14.5. The van der Waals surface area contributed by atoms with Gasteiger partial charge in [-0.1, -0.05) is 12.1 Å². The maximum atomic E-state index is 12.6. The van der Waals surface area contributed by atoms with Crippen LogP contribution in [0.15, 0.2) is 35.2 Å². The molecule has 2 heterocycles. The molecule has 1 aliphatic rings. The number of carbonyl (C=O) groups excluding carboxylic acids is 2. The predicted octanol–water partition coefficient (Wildman–Crippen LogP) is 1.63. The van der Waals surface area contributed by atoms with Gasteiger partial charge in [-0.15, -0.1) is 11.3 Å². The van der Waals surface area contributed by atoms with Gasteiger partial charge in [0.15, 0.2) is 0 Å². The van der Waals surface area contributed by atoms with Crippen LogP contribution in [0.25, 0.3) is 0 Å². The molecule has 0 aliphatic carbocycles. The fourth-order valence-electron chi connectivity index (χ4n) is 2.93. The number of hydrogen-bond acceptors (Lipinski definition) is 5. The van der Waals surface area contributed by atoms with Crippen LogP contribution < -0.4 is 5.32 Å². The van der Waals surface area contributed by atoms with Crippen LogP contribution in [0, 0.1) is 0 Å². The third-order valence-corrected chi connectivity index (χ3v) is 4.93. The van der Waals surface area contributed by atoms with Crippen molar-refractivity contribution < 1.29 is 9.59 Å². The summed E-state index contributed by atoms with van der Waals surface area (Å²) in [6.45, 7) is 2.05. The zero-order chi connectivity index (χ0) is 17.1. The number of aromatic nitrogens is 1. The molecular formula is C17H20N4O2S. The number of benzene rings is 1. The molecule has 2 aromatic rings. The summed E-state index contributed by atoms with van der Waals surface area (Å²) < 4.78 is 0. The van der Waals surface area contributed by atoms with Crippen LogP contribution in [0.5, 0.6) is 0 Å². The summed E-state index contributed by atoms with van der Waals surface area (Å²) in [5.74, 6) is -0.137. The molecule has 2 amide bonds. The Morgan fingerprint density at radius 1 is 1.33 bits per heavy atom. The van der Waals surface area contributed by atoms with Crippen molar-refractivity contribution in [2.45, 2.75) is 6.04 Å². The fraction of sp³-hybridized carbons (Fsp3) is 0.353. The van der Waals surface area contributed by atoms with Crippen molar-refractivity contribution in [1.29, 1.82) is 0 Å². The molecule has 0 bridgehead atoms. The maximum Gasteiger partial charge on any atom is 0.273 e. The lowest BCUT2D eigenvalue weighted by atomic mass is 10.00. The highest BCUT2D eigenvalue weighted by Crippen LogP contribution is 2.25. The monoisotopic (exact) mass is 344 g/mol. The summed E-state index contributed by atoms with van der Waals surface area (Å²) in [7, 11) is 3.66. The molecule has 1 N–H and O–H groups in total. The van der Waals surface area contributed by atoms with Gasteiger partial charge in [-0.3, -0.25) is 14.5 Å². The van der Waals surface area contributed by atoms with Crippen molar-refractivity contribution in [1.82, 2.24) is 20.1 Å². The Balaban J connectivity index is 1.81. The molecule has 1 atom stereocenters. The lowest BCUT2D eigenvalue weighted by Gasteiger charge is -2.39. The quantitative estimate of drug-likeness (QED) is 0.919. The van der Waals surface area contributed by atoms with Gasteiger partial charge in [-0.05, 0) is 24.7 Å². The van der Waals surface area contributed by atoms with Gasteiger partial charge in [-0.2, -0.15) is 0 Å². The van der Waals surface area contributed by atoms with E-state index >= 15 is 0 Å². The van der Waals surface area contributed by atoms with Crippen LogP contribution in [0.4, 0.5) is 0 Å². The van der Waals surface area contributed by atoms with Gasteiger partial charge < -0.3 is 10.2 Å². The molecule has 7 heteroatoms. The summed E-state index contributed by atoms with van der Waals surface area (Å²) in [4.78, 5) is 32.6. The van der Waals surface area contributed by atoms with E-state index in [2.05, 4.69) is 15.2 Å². The minimum atomic E-state index is -0.106. The van der Waals surface area contributed by atoms with E-state index in [0.29, 0.717) is 24.3 Å². The number of nitrogens with one attached hydrogen (secondary N) is 1. The molecule has 0 radical (unpaired) electrons. The molecule has 0 spiro atoms. The Labute approximate surface area is 145 Å². The third-order valence-electron chi connectivity index (χ3n) is 4.35. The zero-order valence-electron chi connectivity index (χ0n) is 13.7. The standard InChI is InChI=1S/C17H20N4O2S/c1-18-16(22)13-5-3-4-12(8-13)15-9-21(7-6-20(15)2)17(23)14-10-24-11-19-14/h3-5,8,10-11,15H,6-7,9H2,1-2H3,(H,18,22)/t15-/m0/s1. The van der Waals surface area contributed by atoms with Crippen LogP contribution in [-0.4, -0.2) is 60.3 Å². The molecule has 1 aliphatic heterocycles. The van der Waals surface area contributed by atoms with Crippen molar-refractivity contribution >= 4 is 23.2 Å². The van der Waals surface area contributed by atoms with Gasteiger partial charge in [0, 0.05) is 37.6 Å². The summed E-state index contributed by atoms with van der Waals surface area (Å²) >= 11 is 1.42. The second kappa shape index (κ2) is 7.11. The molecule has 1 fully saturated rings. The minimum absolute atomic E-state index is 0.0307. The highest BCUT2D eigenvalue weighted by molar-refractivity contribution is 7.07. The molecule has 3 rings (SSSR count). The molecule has 0 unspecified atom stereocenters. The first-order valence-corrected chi connectivity index (χ1v) is 8.74. The number of rotatable bonds is 3. The normalized spacial score (nSPS) is 18.4. The smallest absolute Gasteiger partial charge is 0.273 e. The molecular weight excluding hydrogens is 324 g/mol. The predicted molar refractivity (Wildman–Crippen MR) is 93.2 cm³/mol. The average Bonchev–Trinajstić information content (AvgIpc) is 3.15. The lowest BCUT2D eigenvalue weighted by Crippen LogP contribution is -2.49. The van der Waals surface area contributed by atoms with Gasteiger partial charge >= 0.3 is 0 Å². The van der Waals surface area contributed by atoms with E-state index in [9.17, 15) is 9.59 Å². The number of hydrogen-bond donors (Lipinski definition) is 1. The van der Waals surface area contributed by atoms with Crippen molar-refractivity contribution in [2.24, 2.45) is 0 Å². The van der Waals surface area contributed by atoms with Crippen LogP contribution in [0.2, 0.25) is 0 Å². The molecule has 1 aromatic heterocycles. The Morgan fingerprint density at radius 2 is 2.17 bits per heavy atom. The topological polar surface area (TPSA) is 65.5 Å². The Bertz CT molecular complexity index is 732. The summed E-state index contributed by atoms with van der Waals surface area (Å²) in [6, 6.07) is 7.64. The number of carbonyl (C=O) groups is 2. The van der Waals surface area contributed by atoms with E-state index in [1.165, 1.54) is 11.3 Å². The van der Waals surface area contributed by atoms with Gasteiger partial charge in [0.25, 0.3) is 11.8 Å². The Hall–Kier alpha value is -2.25. The SMILES string of the molecule is CNC(=O)c1cccc([C@@H]2CN(C(=O)c3cscn3)CCN2C)c1. The molecule has 1 saturated heterocycles. The van der Waals surface area contributed by atoms with Gasteiger partial charge in [0.05, 0.1) is 11.6 Å². The van der Waals surface area contributed by atoms with Crippen molar-refractivity contribution in [3.8, 4) is 0 Å². The first-order chi connectivity index (χ1) is 11.6. The summed E-state index contributed by atoms with van der Waals surface area (Å²) in [5.41, 5.74) is 3.84. The van der Waals surface area contributed by atoms with Gasteiger partial charge in [-0.25, -0.2) is 4.98 Å². The van der Waals surface area contributed by atoms with Crippen LogP contribution >= 0.6 is 11.3 Å². The van der Waals surface area contributed by atoms with Crippen LogP contribution in [-0.2, 0) is 0 Å². The number of piperazine rings is 1. The largest absolute Gasteiger partial charge is 0.355 e.